The van der Waals surface area contributed by atoms with Gasteiger partial charge in [-0.3, -0.25) is 9.36 Å². The molecule has 0 atom stereocenters. The predicted molar refractivity (Wildman–Crippen MR) is 135 cm³/mol. The number of rotatable bonds is 4. The molecule has 170 valence electrons. The van der Waals surface area contributed by atoms with Crippen molar-refractivity contribution in [1.29, 1.82) is 0 Å². The Morgan fingerprint density at radius 1 is 0.882 bits per heavy atom. The SMILES string of the molecule is COc1cccc(-c2ccc(-n3c(Cl)cc4[nH]c(=O)c(-c5cccc(Cl)c5)c(O)c43)cc2)c1O. The summed E-state index contributed by atoms with van der Waals surface area (Å²) in [7, 11) is 1.50. The lowest BCUT2D eigenvalue weighted by Crippen LogP contribution is -2.09. The summed E-state index contributed by atoms with van der Waals surface area (Å²) >= 11 is 12.6. The number of nitrogens with zero attached hydrogens (tertiary/aromatic N) is 1. The maximum atomic E-state index is 12.8. The minimum Gasteiger partial charge on any atom is -0.505 e. The summed E-state index contributed by atoms with van der Waals surface area (Å²) < 4.78 is 6.84. The molecule has 6 nitrogen and oxygen atoms in total. The third-order valence-corrected chi connectivity index (χ3v) is 6.17. The maximum Gasteiger partial charge on any atom is 0.260 e. The van der Waals surface area contributed by atoms with E-state index in [2.05, 4.69) is 4.98 Å². The molecular formula is C26H18Cl2N2O4. The van der Waals surface area contributed by atoms with Gasteiger partial charge in [0.15, 0.2) is 17.2 Å². The number of aromatic hydroxyl groups is 2. The molecule has 2 aromatic heterocycles. The molecule has 0 bridgehead atoms. The average Bonchev–Trinajstić information content (AvgIpc) is 3.15. The third kappa shape index (κ3) is 3.57. The van der Waals surface area contributed by atoms with Gasteiger partial charge in [-0.05, 0) is 47.5 Å². The van der Waals surface area contributed by atoms with E-state index in [-0.39, 0.29) is 17.1 Å². The Balaban J connectivity index is 1.67. The molecule has 0 fully saturated rings. The largest absolute Gasteiger partial charge is 0.505 e. The second-order valence-corrected chi connectivity index (χ2v) is 8.48. The van der Waals surface area contributed by atoms with Gasteiger partial charge < -0.3 is 19.9 Å². The molecule has 2 heterocycles. The number of pyridine rings is 1. The van der Waals surface area contributed by atoms with Crippen LogP contribution in [0.5, 0.6) is 17.2 Å². The van der Waals surface area contributed by atoms with E-state index in [9.17, 15) is 15.0 Å². The molecule has 3 N–H and O–H groups in total. The van der Waals surface area contributed by atoms with Crippen molar-refractivity contribution in [2.24, 2.45) is 0 Å². The summed E-state index contributed by atoms with van der Waals surface area (Å²) in [6.07, 6.45) is 0. The van der Waals surface area contributed by atoms with Crippen LogP contribution in [-0.4, -0.2) is 26.9 Å². The normalized spacial score (nSPS) is 11.1. The van der Waals surface area contributed by atoms with Gasteiger partial charge >= 0.3 is 0 Å². The van der Waals surface area contributed by atoms with Gasteiger partial charge in [-0.25, -0.2) is 0 Å². The van der Waals surface area contributed by atoms with Crippen molar-refractivity contribution < 1.29 is 14.9 Å². The smallest absolute Gasteiger partial charge is 0.260 e. The van der Waals surface area contributed by atoms with E-state index in [1.807, 2.05) is 24.3 Å². The first kappa shape index (κ1) is 21.9. The molecule has 3 aromatic carbocycles. The molecule has 0 aliphatic carbocycles. The lowest BCUT2D eigenvalue weighted by Gasteiger charge is -2.13. The van der Waals surface area contributed by atoms with Crippen LogP contribution in [0.15, 0.2) is 77.6 Å². The summed E-state index contributed by atoms with van der Waals surface area (Å²) in [6.45, 7) is 0. The Morgan fingerprint density at radius 2 is 1.62 bits per heavy atom. The molecule has 34 heavy (non-hydrogen) atoms. The van der Waals surface area contributed by atoms with E-state index in [1.165, 1.54) is 7.11 Å². The van der Waals surface area contributed by atoms with E-state index >= 15 is 0 Å². The number of para-hydroxylation sites is 1. The molecule has 0 radical (unpaired) electrons. The monoisotopic (exact) mass is 492 g/mol. The van der Waals surface area contributed by atoms with Crippen LogP contribution in [0.2, 0.25) is 10.2 Å². The van der Waals surface area contributed by atoms with Crippen molar-refractivity contribution in [3.8, 4) is 45.2 Å². The zero-order valence-electron chi connectivity index (χ0n) is 17.8. The summed E-state index contributed by atoms with van der Waals surface area (Å²) in [5.74, 6) is 0.217. The Morgan fingerprint density at radius 3 is 2.32 bits per heavy atom. The molecule has 5 aromatic rings. The second-order valence-electron chi connectivity index (χ2n) is 7.66. The summed E-state index contributed by atoms with van der Waals surface area (Å²) in [6, 6.07) is 20.8. The quantitative estimate of drug-likeness (QED) is 0.271. The Labute approximate surface area is 204 Å². The zero-order chi connectivity index (χ0) is 24.0. The van der Waals surface area contributed by atoms with E-state index in [0.29, 0.717) is 43.8 Å². The minimum atomic E-state index is -0.454. The number of methoxy groups -OCH3 is 1. The number of phenolic OH excluding ortho intramolecular Hbond substituents is 1. The first-order chi connectivity index (χ1) is 16.4. The summed E-state index contributed by atoms with van der Waals surface area (Å²) in [5.41, 5.74) is 2.93. The van der Waals surface area contributed by atoms with Gasteiger partial charge in [0.1, 0.15) is 10.7 Å². The number of phenols is 1. The van der Waals surface area contributed by atoms with Crippen LogP contribution in [0.3, 0.4) is 0 Å². The third-order valence-electron chi connectivity index (χ3n) is 5.66. The van der Waals surface area contributed by atoms with Crippen LogP contribution in [-0.2, 0) is 0 Å². The van der Waals surface area contributed by atoms with Crippen LogP contribution in [0.25, 0.3) is 39.0 Å². The Bertz CT molecular complexity index is 1600. The van der Waals surface area contributed by atoms with Crippen molar-refractivity contribution >= 4 is 34.2 Å². The maximum absolute atomic E-state index is 12.8. The van der Waals surface area contributed by atoms with Gasteiger partial charge in [0.2, 0.25) is 0 Å². The lowest BCUT2D eigenvalue weighted by molar-refractivity contribution is 0.374. The van der Waals surface area contributed by atoms with E-state index in [1.54, 1.807) is 53.1 Å². The molecular weight excluding hydrogens is 475 g/mol. The summed E-state index contributed by atoms with van der Waals surface area (Å²) in [4.78, 5) is 15.6. The van der Waals surface area contributed by atoms with Crippen LogP contribution < -0.4 is 10.3 Å². The first-order valence-corrected chi connectivity index (χ1v) is 11.0. The number of aromatic nitrogens is 2. The number of hydrogen-bond donors (Lipinski definition) is 3. The fraction of sp³-hybridized carbons (Fsp3) is 0.0385. The number of fused-ring (bicyclic) bond motifs is 1. The van der Waals surface area contributed by atoms with E-state index < -0.39 is 5.56 Å². The number of benzene rings is 3. The van der Waals surface area contributed by atoms with Crippen molar-refractivity contribution in [1.82, 2.24) is 9.55 Å². The second kappa shape index (κ2) is 8.48. The lowest BCUT2D eigenvalue weighted by atomic mass is 10.0. The van der Waals surface area contributed by atoms with Crippen molar-refractivity contribution in [3.63, 3.8) is 0 Å². The average molecular weight is 493 g/mol. The number of ether oxygens (including phenoxy) is 1. The van der Waals surface area contributed by atoms with Crippen molar-refractivity contribution in [3.05, 3.63) is 93.3 Å². The molecule has 0 saturated heterocycles. The van der Waals surface area contributed by atoms with Gasteiger partial charge in [0.05, 0.1) is 18.2 Å². The first-order valence-electron chi connectivity index (χ1n) is 10.3. The van der Waals surface area contributed by atoms with E-state index in [4.69, 9.17) is 27.9 Å². The predicted octanol–water partition coefficient (Wildman–Crippen LogP) is 6.38. The fourth-order valence-electron chi connectivity index (χ4n) is 4.09. The van der Waals surface area contributed by atoms with Crippen LogP contribution in [0.1, 0.15) is 0 Å². The topological polar surface area (TPSA) is 87.5 Å². The molecule has 0 amide bonds. The number of aromatic amines is 1. The van der Waals surface area contributed by atoms with Gasteiger partial charge in [0.25, 0.3) is 5.56 Å². The molecule has 0 saturated carbocycles. The molecule has 0 spiro atoms. The highest BCUT2D eigenvalue weighted by atomic mass is 35.5. The number of halogens is 2. The molecule has 5 rings (SSSR count). The van der Waals surface area contributed by atoms with E-state index in [0.717, 1.165) is 5.56 Å². The van der Waals surface area contributed by atoms with Gasteiger partial charge in [-0.15, -0.1) is 0 Å². The molecule has 0 aliphatic heterocycles. The number of H-pyrrole nitrogens is 1. The van der Waals surface area contributed by atoms with Gasteiger partial charge in [-0.2, -0.15) is 0 Å². The molecule has 0 unspecified atom stereocenters. The molecule has 0 aliphatic rings. The van der Waals surface area contributed by atoms with Crippen LogP contribution in [0.4, 0.5) is 0 Å². The molecule has 8 heteroatoms. The van der Waals surface area contributed by atoms with Crippen LogP contribution >= 0.6 is 23.2 Å². The van der Waals surface area contributed by atoms with Gasteiger partial charge in [0, 0.05) is 16.3 Å². The highest BCUT2D eigenvalue weighted by molar-refractivity contribution is 6.31. The zero-order valence-corrected chi connectivity index (χ0v) is 19.4. The van der Waals surface area contributed by atoms with Gasteiger partial charge in [-0.1, -0.05) is 59.6 Å². The Kier molecular flexibility index (Phi) is 5.48. The van der Waals surface area contributed by atoms with Crippen molar-refractivity contribution in [2.75, 3.05) is 7.11 Å². The minimum absolute atomic E-state index is 0.0450. The highest BCUT2D eigenvalue weighted by Crippen LogP contribution is 2.39. The number of hydrogen-bond acceptors (Lipinski definition) is 4. The number of nitrogens with one attached hydrogen (secondary N) is 1. The highest BCUT2D eigenvalue weighted by Gasteiger charge is 2.20. The Hall–Kier alpha value is -3.87. The van der Waals surface area contributed by atoms with Crippen LogP contribution in [0, 0.1) is 0 Å². The summed E-state index contributed by atoms with van der Waals surface area (Å²) in [5, 5.41) is 22.4. The van der Waals surface area contributed by atoms with Crippen molar-refractivity contribution in [2.45, 2.75) is 0 Å². The fourth-order valence-corrected chi connectivity index (χ4v) is 4.57. The standard InChI is InChI=1S/C26H18Cl2N2O4/c1-34-20-7-3-6-18(24(20)31)14-8-10-17(11-9-14)30-21(28)13-19-23(30)25(32)22(26(33)29-19)15-4-2-5-16(27)12-15/h2-13,31H,1H3,(H2,29,32,33).